The first-order valence-electron chi connectivity index (χ1n) is 10.5. The molecule has 4 nitrogen and oxygen atoms in total. The summed E-state index contributed by atoms with van der Waals surface area (Å²) in [5.74, 6) is -0.875. The van der Waals surface area contributed by atoms with E-state index in [1.165, 1.54) is 77.6 Å². The van der Waals surface area contributed by atoms with Gasteiger partial charge in [-0.3, -0.25) is 9.59 Å². The number of carboxylic acids is 1. The molecule has 0 rings (SSSR count). The Labute approximate surface area is 161 Å². The third-order valence-electron chi connectivity index (χ3n) is 4.00. The third-order valence-corrected chi connectivity index (χ3v) is 4.00. The van der Waals surface area contributed by atoms with Gasteiger partial charge in [-0.05, 0) is 39.0 Å². The number of allylic oxidation sites excluding steroid dienone is 2. The second-order valence-corrected chi connectivity index (χ2v) is 6.65. The number of carboxylic acid groups (broad SMARTS) is 1. The molecule has 0 aliphatic carbocycles. The highest BCUT2D eigenvalue weighted by molar-refractivity contribution is 5.66. The van der Waals surface area contributed by atoms with Crippen molar-refractivity contribution in [3.63, 3.8) is 0 Å². The second-order valence-electron chi connectivity index (χ2n) is 6.65. The van der Waals surface area contributed by atoms with Gasteiger partial charge in [-0.25, -0.2) is 0 Å². The Bertz CT molecular complexity index is 337. The number of unbranched alkanes of at least 4 members (excludes halogenated alkanes) is 11. The summed E-state index contributed by atoms with van der Waals surface area (Å²) in [5.41, 5.74) is 0. The minimum atomic E-state index is -0.664. The molecular weight excluding hydrogens is 328 g/mol. The van der Waals surface area contributed by atoms with Crippen LogP contribution >= 0.6 is 0 Å². The highest BCUT2D eigenvalue weighted by Crippen LogP contribution is 2.09. The lowest BCUT2D eigenvalue weighted by Gasteiger charge is -1.99. The summed E-state index contributed by atoms with van der Waals surface area (Å²) in [6.45, 7) is 5.91. The lowest BCUT2D eigenvalue weighted by molar-refractivity contribution is -0.140. The third kappa shape index (κ3) is 30.5. The number of esters is 1. The van der Waals surface area contributed by atoms with Gasteiger partial charge in [0.25, 0.3) is 0 Å². The molecule has 154 valence electrons. The standard InChI is InChI=1S/C18H34O2.C4H8O2/c1-2-3-4-5-6-7-8-9-10-11-12-13-14-15-16-17-18(19)20;1-3-6-4(2)5/h9-10H,2-8,11-17H2,1H3,(H,19,20);3H2,1-2H3. The van der Waals surface area contributed by atoms with Crippen LogP contribution in [0.2, 0.25) is 0 Å². The Morgan fingerprint density at radius 3 is 1.62 bits per heavy atom. The summed E-state index contributed by atoms with van der Waals surface area (Å²) in [6.07, 6.45) is 21.2. The molecule has 1 N–H and O–H groups in total. The number of hydrogen-bond donors (Lipinski definition) is 1. The van der Waals surface area contributed by atoms with Gasteiger partial charge in [0.1, 0.15) is 0 Å². The maximum atomic E-state index is 10.3. The molecule has 0 fully saturated rings. The van der Waals surface area contributed by atoms with Crippen LogP contribution in [-0.4, -0.2) is 23.7 Å². The summed E-state index contributed by atoms with van der Waals surface area (Å²) in [7, 11) is 0. The number of carbonyl (C=O) groups excluding carboxylic acids is 1. The van der Waals surface area contributed by atoms with E-state index in [1.54, 1.807) is 6.92 Å². The molecule has 0 aromatic rings. The number of carbonyl (C=O) groups is 2. The highest BCUT2D eigenvalue weighted by Gasteiger charge is 1.95. The quantitative estimate of drug-likeness (QED) is 0.187. The Kier molecular flexibility index (Phi) is 24.5. The first-order valence-corrected chi connectivity index (χ1v) is 10.5. The van der Waals surface area contributed by atoms with Crippen LogP contribution in [0.1, 0.15) is 111 Å². The van der Waals surface area contributed by atoms with E-state index in [1.807, 2.05) is 0 Å². The van der Waals surface area contributed by atoms with Crippen molar-refractivity contribution in [2.24, 2.45) is 0 Å². The predicted molar refractivity (Wildman–Crippen MR) is 109 cm³/mol. The van der Waals surface area contributed by atoms with Gasteiger partial charge >= 0.3 is 11.9 Å². The molecule has 0 bridgehead atoms. The highest BCUT2D eigenvalue weighted by atomic mass is 16.5. The summed E-state index contributed by atoms with van der Waals surface area (Å²) in [5, 5.41) is 8.51. The zero-order chi connectivity index (χ0) is 19.9. The van der Waals surface area contributed by atoms with E-state index in [2.05, 4.69) is 23.8 Å². The van der Waals surface area contributed by atoms with Crippen molar-refractivity contribution >= 4 is 11.9 Å². The first-order chi connectivity index (χ1) is 12.5. The zero-order valence-corrected chi connectivity index (χ0v) is 17.4. The van der Waals surface area contributed by atoms with E-state index >= 15 is 0 Å². The van der Waals surface area contributed by atoms with E-state index < -0.39 is 5.97 Å². The molecular formula is C22H42O4. The van der Waals surface area contributed by atoms with E-state index in [4.69, 9.17) is 5.11 Å². The van der Waals surface area contributed by atoms with Crippen molar-refractivity contribution in [3.05, 3.63) is 12.2 Å². The molecule has 0 radical (unpaired) electrons. The summed E-state index contributed by atoms with van der Waals surface area (Å²) in [4.78, 5) is 20.1. The van der Waals surface area contributed by atoms with Crippen LogP contribution in [0.25, 0.3) is 0 Å². The monoisotopic (exact) mass is 370 g/mol. The molecule has 0 spiro atoms. The van der Waals surface area contributed by atoms with Gasteiger partial charge in [0.2, 0.25) is 0 Å². The lowest BCUT2D eigenvalue weighted by Crippen LogP contribution is -1.95. The van der Waals surface area contributed by atoms with Gasteiger partial charge in [-0.1, -0.05) is 70.4 Å². The van der Waals surface area contributed by atoms with Crippen LogP contribution in [0.3, 0.4) is 0 Å². The van der Waals surface area contributed by atoms with Crippen molar-refractivity contribution in [1.29, 1.82) is 0 Å². The molecule has 0 aliphatic rings. The van der Waals surface area contributed by atoms with Crippen LogP contribution in [0.5, 0.6) is 0 Å². The SMILES string of the molecule is CCCCCCCCC=CCCCCCCCC(=O)O.CCOC(C)=O. The van der Waals surface area contributed by atoms with Crippen molar-refractivity contribution in [2.45, 2.75) is 111 Å². The second kappa shape index (κ2) is 23.7. The van der Waals surface area contributed by atoms with Crippen LogP contribution < -0.4 is 0 Å². The number of rotatable bonds is 16. The molecule has 26 heavy (non-hydrogen) atoms. The largest absolute Gasteiger partial charge is 0.481 e. The van der Waals surface area contributed by atoms with Gasteiger partial charge in [0, 0.05) is 13.3 Å². The van der Waals surface area contributed by atoms with Crippen molar-refractivity contribution in [1.82, 2.24) is 0 Å². The fourth-order valence-corrected chi connectivity index (χ4v) is 2.55. The van der Waals surface area contributed by atoms with Crippen molar-refractivity contribution < 1.29 is 19.4 Å². The Morgan fingerprint density at radius 2 is 1.23 bits per heavy atom. The fourth-order valence-electron chi connectivity index (χ4n) is 2.55. The van der Waals surface area contributed by atoms with Crippen LogP contribution in [0.4, 0.5) is 0 Å². The molecule has 0 aliphatic heterocycles. The van der Waals surface area contributed by atoms with Crippen molar-refractivity contribution in [2.75, 3.05) is 6.61 Å². The molecule has 0 unspecified atom stereocenters. The van der Waals surface area contributed by atoms with Gasteiger partial charge in [0.05, 0.1) is 6.61 Å². The lowest BCUT2D eigenvalue weighted by atomic mass is 10.1. The zero-order valence-electron chi connectivity index (χ0n) is 17.4. The maximum Gasteiger partial charge on any atom is 0.303 e. The minimum absolute atomic E-state index is 0.211. The summed E-state index contributed by atoms with van der Waals surface area (Å²) in [6, 6.07) is 0. The molecule has 4 heteroatoms. The fraction of sp³-hybridized carbons (Fsp3) is 0.818. The van der Waals surface area contributed by atoms with Gasteiger partial charge in [-0.15, -0.1) is 0 Å². The minimum Gasteiger partial charge on any atom is -0.481 e. The predicted octanol–water partition coefficient (Wildman–Crippen LogP) is 6.68. The van der Waals surface area contributed by atoms with Crippen LogP contribution in [-0.2, 0) is 14.3 Å². The number of hydrogen-bond acceptors (Lipinski definition) is 3. The first kappa shape index (κ1) is 26.9. The van der Waals surface area contributed by atoms with E-state index in [0.717, 1.165) is 12.8 Å². The Hall–Kier alpha value is -1.32. The molecule has 0 saturated heterocycles. The maximum absolute atomic E-state index is 10.3. The van der Waals surface area contributed by atoms with Gasteiger partial charge in [0.15, 0.2) is 0 Å². The number of aliphatic carboxylic acids is 1. The van der Waals surface area contributed by atoms with Crippen LogP contribution in [0.15, 0.2) is 12.2 Å². The Balaban J connectivity index is 0. The Morgan fingerprint density at radius 1 is 0.769 bits per heavy atom. The molecule has 0 aromatic heterocycles. The molecule has 0 amide bonds. The molecule has 0 atom stereocenters. The van der Waals surface area contributed by atoms with E-state index in [-0.39, 0.29) is 5.97 Å². The topological polar surface area (TPSA) is 63.6 Å². The average molecular weight is 371 g/mol. The molecule has 0 heterocycles. The van der Waals surface area contributed by atoms with Crippen molar-refractivity contribution in [3.8, 4) is 0 Å². The van der Waals surface area contributed by atoms with Crippen LogP contribution in [0, 0.1) is 0 Å². The van der Waals surface area contributed by atoms with Gasteiger partial charge < -0.3 is 9.84 Å². The number of ether oxygens (including phenoxy) is 1. The summed E-state index contributed by atoms with van der Waals surface area (Å²) >= 11 is 0. The van der Waals surface area contributed by atoms with Gasteiger partial charge in [-0.2, -0.15) is 0 Å². The smallest absolute Gasteiger partial charge is 0.303 e. The summed E-state index contributed by atoms with van der Waals surface area (Å²) < 4.78 is 4.40. The normalized spacial score (nSPS) is 10.4. The van der Waals surface area contributed by atoms with E-state index in [9.17, 15) is 9.59 Å². The average Bonchev–Trinajstić information content (AvgIpc) is 2.58. The molecule has 0 aromatic carbocycles. The molecule has 0 saturated carbocycles. The van der Waals surface area contributed by atoms with E-state index in [0.29, 0.717) is 13.0 Å².